The van der Waals surface area contributed by atoms with Crippen molar-refractivity contribution in [2.75, 3.05) is 19.7 Å². The lowest BCUT2D eigenvalue weighted by molar-refractivity contribution is -0.151. The van der Waals surface area contributed by atoms with Crippen LogP contribution in [0, 0.1) is 5.41 Å². The molecular weight excluding hydrogens is 230 g/mol. The Bertz CT molecular complexity index is 385. The Balaban J connectivity index is 1.88. The zero-order chi connectivity index (χ0) is 12.8. The number of nitrogens with one attached hydrogen (secondary N) is 1. The molecule has 0 aromatic heterocycles. The predicted octanol–water partition coefficient (Wildman–Crippen LogP) is 1.91. The van der Waals surface area contributed by atoms with Gasteiger partial charge >= 0.3 is 5.97 Å². The summed E-state index contributed by atoms with van der Waals surface area (Å²) in [5, 5.41) is 12.6. The molecule has 0 bridgehead atoms. The van der Waals surface area contributed by atoms with E-state index in [2.05, 4.69) is 5.32 Å². The van der Waals surface area contributed by atoms with Crippen LogP contribution >= 0.6 is 0 Å². The summed E-state index contributed by atoms with van der Waals surface area (Å²) in [6, 6.07) is 9.50. The monoisotopic (exact) mass is 249 g/mol. The molecule has 1 aromatic rings. The zero-order valence-electron chi connectivity index (χ0n) is 10.4. The summed E-state index contributed by atoms with van der Waals surface area (Å²) in [4.78, 5) is 11.4. The van der Waals surface area contributed by atoms with Gasteiger partial charge in [0.25, 0.3) is 0 Å². The van der Waals surface area contributed by atoms with Gasteiger partial charge in [-0.1, -0.05) is 18.2 Å². The minimum atomic E-state index is -0.716. The summed E-state index contributed by atoms with van der Waals surface area (Å²) in [5.41, 5.74) is -0.660. The fraction of sp³-hybridized carbons (Fsp3) is 0.500. The van der Waals surface area contributed by atoms with E-state index in [1.165, 1.54) is 0 Å². The molecule has 1 atom stereocenters. The molecule has 4 heteroatoms. The molecule has 2 rings (SSSR count). The minimum Gasteiger partial charge on any atom is -0.494 e. The highest BCUT2D eigenvalue weighted by Gasteiger charge is 2.39. The largest absolute Gasteiger partial charge is 0.494 e. The molecule has 1 aliphatic heterocycles. The van der Waals surface area contributed by atoms with Gasteiger partial charge in [-0.05, 0) is 37.9 Å². The maximum Gasteiger partial charge on any atom is 0.311 e. The van der Waals surface area contributed by atoms with Crippen molar-refractivity contribution in [1.82, 2.24) is 5.32 Å². The van der Waals surface area contributed by atoms with Crippen molar-refractivity contribution in [3.63, 3.8) is 0 Å². The van der Waals surface area contributed by atoms with E-state index in [0.717, 1.165) is 25.1 Å². The van der Waals surface area contributed by atoms with Crippen molar-refractivity contribution < 1.29 is 14.6 Å². The third kappa shape index (κ3) is 3.01. The van der Waals surface area contributed by atoms with E-state index >= 15 is 0 Å². The molecular formula is C14H19NO3. The summed E-state index contributed by atoms with van der Waals surface area (Å²) < 4.78 is 5.59. The number of benzene rings is 1. The van der Waals surface area contributed by atoms with Crippen LogP contribution in [0.2, 0.25) is 0 Å². The average Bonchev–Trinajstić information content (AvgIpc) is 2.41. The first kappa shape index (κ1) is 12.9. The van der Waals surface area contributed by atoms with Gasteiger partial charge in [0.05, 0.1) is 12.0 Å². The van der Waals surface area contributed by atoms with Crippen LogP contribution in [-0.2, 0) is 4.79 Å². The molecule has 18 heavy (non-hydrogen) atoms. The molecule has 4 nitrogen and oxygen atoms in total. The highest BCUT2D eigenvalue weighted by atomic mass is 16.5. The first-order valence-electron chi connectivity index (χ1n) is 6.35. The van der Waals surface area contributed by atoms with Gasteiger partial charge in [0.15, 0.2) is 0 Å². The van der Waals surface area contributed by atoms with E-state index in [-0.39, 0.29) is 0 Å². The lowest BCUT2D eigenvalue weighted by Gasteiger charge is -2.33. The van der Waals surface area contributed by atoms with Crippen LogP contribution in [0.4, 0.5) is 0 Å². The lowest BCUT2D eigenvalue weighted by atomic mass is 9.78. The number of piperidine rings is 1. The first-order valence-corrected chi connectivity index (χ1v) is 6.35. The molecule has 0 amide bonds. The molecule has 1 unspecified atom stereocenters. The second-order valence-electron chi connectivity index (χ2n) is 4.78. The number of hydrogen-bond donors (Lipinski definition) is 2. The van der Waals surface area contributed by atoms with Crippen LogP contribution in [-0.4, -0.2) is 30.8 Å². The van der Waals surface area contributed by atoms with Gasteiger partial charge < -0.3 is 15.2 Å². The van der Waals surface area contributed by atoms with Crippen LogP contribution in [0.3, 0.4) is 0 Å². The predicted molar refractivity (Wildman–Crippen MR) is 68.7 cm³/mol. The lowest BCUT2D eigenvalue weighted by Crippen LogP contribution is -2.46. The van der Waals surface area contributed by atoms with Gasteiger partial charge in [0, 0.05) is 6.54 Å². The number of carboxylic acids is 1. The fourth-order valence-corrected chi connectivity index (χ4v) is 2.35. The molecule has 0 radical (unpaired) electrons. The van der Waals surface area contributed by atoms with Gasteiger partial charge in [-0.25, -0.2) is 0 Å². The van der Waals surface area contributed by atoms with Crippen molar-refractivity contribution in [2.45, 2.75) is 19.3 Å². The van der Waals surface area contributed by atoms with Crippen LogP contribution < -0.4 is 10.1 Å². The standard InChI is InChI=1S/C14H19NO3/c16-13(17)14(7-4-9-15-11-14)8-10-18-12-5-2-1-3-6-12/h1-3,5-6,15H,4,7-11H2,(H,16,17). The van der Waals surface area contributed by atoms with E-state index in [1.54, 1.807) is 0 Å². The van der Waals surface area contributed by atoms with Gasteiger partial charge in [-0.2, -0.15) is 0 Å². The summed E-state index contributed by atoms with van der Waals surface area (Å²) in [6.45, 7) is 1.90. The number of ether oxygens (including phenoxy) is 1. The van der Waals surface area contributed by atoms with Gasteiger partial charge in [0.2, 0.25) is 0 Å². The average molecular weight is 249 g/mol. The van der Waals surface area contributed by atoms with Gasteiger partial charge in [-0.3, -0.25) is 4.79 Å². The number of para-hydroxylation sites is 1. The van der Waals surface area contributed by atoms with E-state index in [0.29, 0.717) is 19.6 Å². The van der Waals surface area contributed by atoms with E-state index < -0.39 is 11.4 Å². The first-order chi connectivity index (χ1) is 8.73. The summed E-state index contributed by atoms with van der Waals surface area (Å²) in [7, 11) is 0. The Hall–Kier alpha value is -1.55. The maximum absolute atomic E-state index is 11.4. The number of carbonyl (C=O) groups is 1. The van der Waals surface area contributed by atoms with Gasteiger partial charge in [-0.15, -0.1) is 0 Å². The van der Waals surface area contributed by atoms with E-state index in [1.807, 2.05) is 30.3 Å². The molecule has 1 aliphatic rings. The molecule has 0 aliphatic carbocycles. The normalized spacial score (nSPS) is 23.6. The second-order valence-corrected chi connectivity index (χ2v) is 4.78. The number of carboxylic acid groups (broad SMARTS) is 1. The Morgan fingerprint density at radius 2 is 2.17 bits per heavy atom. The van der Waals surface area contributed by atoms with Gasteiger partial charge in [0.1, 0.15) is 5.75 Å². The van der Waals surface area contributed by atoms with Crippen LogP contribution in [0.1, 0.15) is 19.3 Å². The molecule has 0 saturated carbocycles. The fourth-order valence-electron chi connectivity index (χ4n) is 2.35. The van der Waals surface area contributed by atoms with E-state index in [4.69, 9.17) is 4.74 Å². The highest BCUT2D eigenvalue weighted by Crippen LogP contribution is 2.30. The molecule has 0 spiro atoms. The van der Waals surface area contributed by atoms with Crippen molar-refractivity contribution >= 4 is 5.97 Å². The molecule has 1 saturated heterocycles. The van der Waals surface area contributed by atoms with Crippen molar-refractivity contribution in [3.05, 3.63) is 30.3 Å². The quantitative estimate of drug-likeness (QED) is 0.837. The Labute approximate surface area is 107 Å². The van der Waals surface area contributed by atoms with Crippen LogP contribution in [0.25, 0.3) is 0 Å². The number of rotatable bonds is 5. The Kier molecular flexibility index (Phi) is 4.20. The zero-order valence-corrected chi connectivity index (χ0v) is 10.4. The van der Waals surface area contributed by atoms with Crippen LogP contribution in [0.5, 0.6) is 5.75 Å². The molecule has 1 heterocycles. The van der Waals surface area contributed by atoms with Crippen molar-refractivity contribution in [3.8, 4) is 5.75 Å². The summed E-state index contributed by atoms with van der Waals surface area (Å²) >= 11 is 0. The third-order valence-electron chi connectivity index (χ3n) is 3.52. The summed E-state index contributed by atoms with van der Waals surface area (Å²) in [5.74, 6) is 0.0770. The second kappa shape index (κ2) is 5.87. The minimum absolute atomic E-state index is 0.442. The number of hydrogen-bond acceptors (Lipinski definition) is 3. The molecule has 2 N–H and O–H groups in total. The molecule has 98 valence electrons. The smallest absolute Gasteiger partial charge is 0.311 e. The van der Waals surface area contributed by atoms with Crippen molar-refractivity contribution in [2.24, 2.45) is 5.41 Å². The summed E-state index contributed by atoms with van der Waals surface area (Å²) in [6.07, 6.45) is 2.19. The van der Waals surface area contributed by atoms with E-state index in [9.17, 15) is 9.90 Å². The topological polar surface area (TPSA) is 58.6 Å². The Morgan fingerprint density at radius 1 is 1.39 bits per heavy atom. The maximum atomic E-state index is 11.4. The SMILES string of the molecule is O=C(O)C1(CCOc2ccccc2)CCCNC1. The number of aliphatic carboxylic acids is 1. The molecule has 1 aromatic carbocycles. The molecule has 1 fully saturated rings. The highest BCUT2D eigenvalue weighted by molar-refractivity contribution is 5.75. The third-order valence-corrected chi connectivity index (χ3v) is 3.52. The Morgan fingerprint density at radius 3 is 2.78 bits per heavy atom. The van der Waals surface area contributed by atoms with Crippen molar-refractivity contribution in [1.29, 1.82) is 0 Å². The van der Waals surface area contributed by atoms with Crippen LogP contribution in [0.15, 0.2) is 30.3 Å².